The van der Waals surface area contributed by atoms with E-state index in [1.165, 1.54) is 0 Å². The van der Waals surface area contributed by atoms with Gasteiger partial charge in [-0.3, -0.25) is 14.6 Å². The molecule has 6 nitrogen and oxygen atoms in total. The molecule has 0 atom stereocenters. The number of amides is 2. The molecule has 1 heterocycles. The van der Waals surface area contributed by atoms with Crippen molar-refractivity contribution in [2.24, 2.45) is 5.41 Å². The molecule has 28 heavy (non-hydrogen) atoms. The molecule has 1 aromatic heterocycles. The number of carbonyl (C=O) groups excluding carboxylic acids is 2. The Balaban J connectivity index is 1.49. The Labute approximate surface area is 165 Å². The number of benzene rings is 1. The summed E-state index contributed by atoms with van der Waals surface area (Å²) < 4.78 is 5.22. The molecular weight excluding hydrogens is 354 g/mol. The first-order valence-electron chi connectivity index (χ1n) is 9.61. The minimum Gasteiger partial charge on any atom is -0.497 e. The molecule has 0 aliphatic heterocycles. The zero-order valence-electron chi connectivity index (χ0n) is 16.5. The fraction of sp³-hybridized carbons (Fsp3) is 0.409. The van der Waals surface area contributed by atoms with Crippen molar-refractivity contribution in [1.29, 1.82) is 0 Å². The number of hydrogen-bond acceptors (Lipinski definition) is 4. The Kier molecular flexibility index (Phi) is 6.29. The molecule has 1 saturated carbocycles. The summed E-state index contributed by atoms with van der Waals surface area (Å²) in [5.41, 5.74) is 1.34. The molecular formula is C22H27N3O3. The molecule has 148 valence electrons. The maximum Gasteiger partial charge on any atom is 0.238 e. The van der Waals surface area contributed by atoms with Gasteiger partial charge in [-0.25, -0.2) is 0 Å². The van der Waals surface area contributed by atoms with Crippen molar-refractivity contribution in [2.45, 2.75) is 25.7 Å². The summed E-state index contributed by atoms with van der Waals surface area (Å²) >= 11 is 0. The van der Waals surface area contributed by atoms with E-state index in [4.69, 9.17) is 4.74 Å². The molecule has 1 fully saturated rings. The van der Waals surface area contributed by atoms with E-state index in [0.717, 1.165) is 23.3 Å². The van der Waals surface area contributed by atoms with Gasteiger partial charge in [-0.1, -0.05) is 12.1 Å². The number of carbonyl (C=O) groups is 2. The van der Waals surface area contributed by atoms with Crippen LogP contribution in [-0.2, 0) is 22.4 Å². The first kappa shape index (κ1) is 19.9. The number of ether oxygens (including phenoxy) is 1. The summed E-state index contributed by atoms with van der Waals surface area (Å²) in [6.45, 7) is 1.09. The molecule has 0 radical (unpaired) electrons. The zero-order chi connectivity index (χ0) is 20.0. The van der Waals surface area contributed by atoms with Crippen LogP contribution in [0.1, 0.15) is 24.0 Å². The predicted octanol–water partition coefficient (Wildman–Crippen LogP) is 2.23. The average molecular weight is 381 g/mol. The average Bonchev–Trinajstić information content (AvgIpc) is 3.54. The van der Waals surface area contributed by atoms with Gasteiger partial charge in [0.15, 0.2) is 0 Å². The van der Waals surface area contributed by atoms with Gasteiger partial charge in [0, 0.05) is 32.5 Å². The second kappa shape index (κ2) is 8.87. The fourth-order valence-electron chi connectivity index (χ4n) is 3.29. The van der Waals surface area contributed by atoms with Crippen molar-refractivity contribution >= 4 is 11.8 Å². The van der Waals surface area contributed by atoms with Crippen LogP contribution in [0.5, 0.6) is 5.75 Å². The summed E-state index contributed by atoms with van der Waals surface area (Å²) in [5.74, 6) is 0.560. The van der Waals surface area contributed by atoms with Gasteiger partial charge in [0.1, 0.15) is 11.2 Å². The summed E-state index contributed by atoms with van der Waals surface area (Å²) in [6, 6.07) is 11.7. The third kappa shape index (κ3) is 4.68. The number of hydrogen-bond donors (Lipinski definition) is 1. The van der Waals surface area contributed by atoms with Gasteiger partial charge in [0.2, 0.25) is 11.8 Å². The van der Waals surface area contributed by atoms with Crippen molar-refractivity contribution in [3.8, 4) is 5.75 Å². The smallest absolute Gasteiger partial charge is 0.238 e. The molecule has 6 heteroatoms. The number of pyridine rings is 1. The van der Waals surface area contributed by atoms with E-state index in [1.54, 1.807) is 31.5 Å². The summed E-state index contributed by atoms with van der Waals surface area (Å²) in [5, 5.41) is 2.95. The second-order valence-electron chi connectivity index (χ2n) is 7.27. The van der Waals surface area contributed by atoms with Crippen LogP contribution in [0.2, 0.25) is 0 Å². The van der Waals surface area contributed by atoms with Crippen LogP contribution in [0.25, 0.3) is 0 Å². The molecule has 1 aromatic carbocycles. The number of methoxy groups -OCH3 is 1. The summed E-state index contributed by atoms with van der Waals surface area (Å²) in [6.07, 6.45) is 6.18. The molecule has 2 aromatic rings. The molecule has 0 spiro atoms. The molecule has 0 bridgehead atoms. The topological polar surface area (TPSA) is 71.5 Å². The third-order valence-electron chi connectivity index (χ3n) is 5.26. The van der Waals surface area contributed by atoms with Crippen LogP contribution in [-0.4, -0.2) is 48.9 Å². The summed E-state index contributed by atoms with van der Waals surface area (Å²) in [7, 11) is 3.40. The molecule has 1 aliphatic carbocycles. The quantitative estimate of drug-likeness (QED) is 0.676. The number of nitrogens with one attached hydrogen (secondary N) is 1. The first-order valence-corrected chi connectivity index (χ1v) is 9.61. The molecule has 0 unspecified atom stereocenters. The fourth-order valence-corrected chi connectivity index (χ4v) is 3.29. The van der Waals surface area contributed by atoms with Crippen molar-refractivity contribution in [3.05, 3.63) is 59.9 Å². The lowest BCUT2D eigenvalue weighted by molar-refractivity contribution is -0.143. The summed E-state index contributed by atoms with van der Waals surface area (Å²) in [4.78, 5) is 31.2. The van der Waals surface area contributed by atoms with Crippen LogP contribution in [0.3, 0.4) is 0 Å². The largest absolute Gasteiger partial charge is 0.497 e. The van der Waals surface area contributed by atoms with Crippen LogP contribution in [0.4, 0.5) is 0 Å². The van der Waals surface area contributed by atoms with E-state index in [2.05, 4.69) is 10.3 Å². The predicted molar refractivity (Wildman–Crippen MR) is 107 cm³/mol. The van der Waals surface area contributed by atoms with E-state index < -0.39 is 5.41 Å². The van der Waals surface area contributed by atoms with Crippen LogP contribution < -0.4 is 10.1 Å². The van der Waals surface area contributed by atoms with Crippen LogP contribution in [0, 0.1) is 5.41 Å². The highest BCUT2D eigenvalue weighted by Gasteiger charge is 2.57. The monoisotopic (exact) mass is 381 g/mol. The highest BCUT2D eigenvalue weighted by atomic mass is 16.5. The second-order valence-corrected chi connectivity index (χ2v) is 7.27. The lowest BCUT2D eigenvalue weighted by Crippen LogP contribution is -2.44. The minimum absolute atomic E-state index is 0.0829. The molecule has 2 amide bonds. The first-order chi connectivity index (χ1) is 13.5. The highest BCUT2D eigenvalue weighted by Crippen LogP contribution is 2.47. The minimum atomic E-state index is -0.874. The van der Waals surface area contributed by atoms with Crippen molar-refractivity contribution < 1.29 is 14.3 Å². The van der Waals surface area contributed by atoms with E-state index in [-0.39, 0.29) is 11.8 Å². The maximum absolute atomic E-state index is 12.8. The lowest BCUT2D eigenvalue weighted by Gasteiger charge is -2.23. The van der Waals surface area contributed by atoms with Gasteiger partial charge in [0.25, 0.3) is 0 Å². The zero-order valence-corrected chi connectivity index (χ0v) is 16.5. The van der Waals surface area contributed by atoms with Gasteiger partial charge in [-0.2, -0.15) is 0 Å². The lowest BCUT2D eigenvalue weighted by atomic mass is 10.0. The van der Waals surface area contributed by atoms with Gasteiger partial charge < -0.3 is 15.0 Å². The normalized spacial score (nSPS) is 14.2. The molecule has 0 saturated heterocycles. The van der Waals surface area contributed by atoms with Gasteiger partial charge >= 0.3 is 0 Å². The Bertz CT molecular complexity index is 819. The number of rotatable bonds is 9. The van der Waals surface area contributed by atoms with E-state index in [0.29, 0.717) is 32.4 Å². The van der Waals surface area contributed by atoms with E-state index >= 15 is 0 Å². The standard InChI is InChI=1S/C22H27N3O3/c1-25(15-9-17-6-12-23-13-7-17)21(27)22(10-11-22)20(26)24-14-8-18-4-3-5-19(16-18)28-2/h3-7,12-13,16H,8-11,14-15H2,1-2H3,(H,24,26). The Morgan fingerprint density at radius 1 is 1.14 bits per heavy atom. The van der Waals surface area contributed by atoms with Crippen molar-refractivity contribution in [1.82, 2.24) is 15.2 Å². The van der Waals surface area contributed by atoms with Gasteiger partial charge in [-0.15, -0.1) is 0 Å². The van der Waals surface area contributed by atoms with E-state index in [1.807, 2.05) is 36.4 Å². The molecule has 1 aliphatic rings. The maximum atomic E-state index is 12.8. The Hall–Kier alpha value is -2.89. The van der Waals surface area contributed by atoms with Crippen LogP contribution in [0.15, 0.2) is 48.8 Å². The Morgan fingerprint density at radius 3 is 2.57 bits per heavy atom. The highest BCUT2D eigenvalue weighted by molar-refractivity contribution is 6.07. The van der Waals surface area contributed by atoms with Crippen LogP contribution >= 0.6 is 0 Å². The number of aromatic nitrogens is 1. The van der Waals surface area contributed by atoms with Crippen molar-refractivity contribution in [2.75, 3.05) is 27.2 Å². The van der Waals surface area contributed by atoms with Gasteiger partial charge in [0.05, 0.1) is 7.11 Å². The Morgan fingerprint density at radius 2 is 1.89 bits per heavy atom. The van der Waals surface area contributed by atoms with Crippen molar-refractivity contribution in [3.63, 3.8) is 0 Å². The number of likely N-dealkylation sites (N-methyl/N-ethyl adjacent to an activating group) is 1. The molecule has 3 rings (SSSR count). The molecule has 1 N–H and O–H groups in total. The SMILES string of the molecule is COc1cccc(CCNC(=O)C2(C(=O)N(C)CCc3ccncc3)CC2)c1. The van der Waals surface area contributed by atoms with E-state index in [9.17, 15) is 9.59 Å². The third-order valence-corrected chi connectivity index (χ3v) is 5.26. The van der Waals surface area contributed by atoms with Gasteiger partial charge in [-0.05, 0) is 61.1 Å². The number of nitrogens with zero attached hydrogens (tertiary/aromatic N) is 2.